The highest BCUT2D eigenvalue weighted by atomic mass is 35.5. The minimum atomic E-state index is 0.0345. The average Bonchev–Trinajstić information content (AvgIpc) is 2.91. The van der Waals surface area contributed by atoms with Gasteiger partial charge in [0.05, 0.1) is 17.2 Å². The van der Waals surface area contributed by atoms with Crippen LogP contribution >= 0.6 is 11.6 Å². The first-order valence-corrected chi connectivity index (χ1v) is 10.1. The topological polar surface area (TPSA) is 41.6 Å². The molecule has 5 heteroatoms. The molecule has 2 aliphatic rings. The lowest BCUT2D eigenvalue weighted by Crippen LogP contribution is -2.45. The summed E-state index contributed by atoms with van der Waals surface area (Å²) in [6, 6.07) is 16.3. The fourth-order valence-electron chi connectivity index (χ4n) is 4.04. The number of hydrogen-bond donors (Lipinski definition) is 1. The second-order valence-corrected chi connectivity index (χ2v) is 7.70. The van der Waals surface area contributed by atoms with Crippen molar-refractivity contribution in [1.82, 2.24) is 10.2 Å². The van der Waals surface area contributed by atoms with Crippen molar-refractivity contribution in [1.29, 1.82) is 0 Å². The number of rotatable bonds is 3. The van der Waals surface area contributed by atoms with Gasteiger partial charge in [-0.2, -0.15) is 0 Å². The number of carbonyl (C=O) groups excluding carboxylic acids is 1. The molecule has 1 saturated heterocycles. The van der Waals surface area contributed by atoms with Crippen LogP contribution in [0.25, 0.3) is 0 Å². The van der Waals surface area contributed by atoms with Gasteiger partial charge in [-0.3, -0.25) is 4.79 Å². The van der Waals surface area contributed by atoms with E-state index in [0.717, 1.165) is 51.1 Å². The zero-order chi connectivity index (χ0) is 18.6. The van der Waals surface area contributed by atoms with E-state index in [-0.39, 0.29) is 5.91 Å². The van der Waals surface area contributed by atoms with Gasteiger partial charge < -0.3 is 15.0 Å². The van der Waals surface area contributed by atoms with Crippen molar-refractivity contribution in [3.05, 3.63) is 64.7 Å². The van der Waals surface area contributed by atoms with Crippen molar-refractivity contribution in [2.75, 3.05) is 19.7 Å². The van der Waals surface area contributed by atoms with E-state index in [0.29, 0.717) is 22.7 Å². The summed E-state index contributed by atoms with van der Waals surface area (Å²) in [4.78, 5) is 14.7. The number of likely N-dealkylation sites (tertiary alicyclic amines) is 1. The van der Waals surface area contributed by atoms with Crippen molar-refractivity contribution in [2.45, 2.75) is 37.8 Å². The van der Waals surface area contributed by atoms with E-state index in [1.54, 1.807) is 12.1 Å². The first-order valence-electron chi connectivity index (χ1n) is 9.74. The molecule has 1 amide bonds. The van der Waals surface area contributed by atoms with Gasteiger partial charge in [-0.1, -0.05) is 41.9 Å². The summed E-state index contributed by atoms with van der Waals surface area (Å²) < 4.78 is 5.87. The molecule has 0 aromatic heterocycles. The summed E-state index contributed by atoms with van der Waals surface area (Å²) in [5.74, 6) is 1.03. The van der Waals surface area contributed by atoms with Crippen molar-refractivity contribution >= 4 is 17.5 Å². The van der Waals surface area contributed by atoms with Crippen molar-refractivity contribution in [2.24, 2.45) is 0 Å². The molecule has 2 aromatic rings. The molecule has 0 radical (unpaired) electrons. The molecular weight excluding hydrogens is 360 g/mol. The molecule has 1 atom stereocenters. The van der Waals surface area contributed by atoms with Crippen LogP contribution in [0.2, 0.25) is 5.02 Å². The number of nitrogens with zero attached hydrogens (tertiary/aromatic N) is 1. The Kier molecular flexibility index (Phi) is 5.65. The highest BCUT2D eigenvalue weighted by molar-refractivity contribution is 6.33. The van der Waals surface area contributed by atoms with Crippen molar-refractivity contribution in [3.8, 4) is 5.75 Å². The number of benzene rings is 2. The van der Waals surface area contributed by atoms with Gasteiger partial charge >= 0.3 is 0 Å². The molecule has 4 nitrogen and oxygen atoms in total. The Bertz CT molecular complexity index is 802. The third-order valence-electron chi connectivity index (χ3n) is 5.51. The van der Waals surface area contributed by atoms with Crippen LogP contribution in [0.15, 0.2) is 48.5 Å². The normalized spacial score (nSPS) is 20.5. The number of hydrogen-bond acceptors (Lipinski definition) is 3. The largest absolute Gasteiger partial charge is 0.493 e. The Morgan fingerprint density at radius 1 is 1.04 bits per heavy atom. The number of carbonyl (C=O) groups is 1. The molecule has 0 spiro atoms. The predicted octanol–water partition coefficient (Wildman–Crippen LogP) is 4.45. The molecule has 142 valence electrons. The van der Waals surface area contributed by atoms with E-state index >= 15 is 0 Å². The maximum Gasteiger partial charge on any atom is 0.255 e. The highest BCUT2D eigenvalue weighted by Gasteiger charge is 2.27. The zero-order valence-corrected chi connectivity index (χ0v) is 16.1. The summed E-state index contributed by atoms with van der Waals surface area (Å²) in [6.45, 7) is 2.29. The molecule has 2 aliphatic heterocycles. The van der Waals surface area contributed by atoms with Crippen LogP contribution in [0, 0.1) is 0 Å². The first-order chi connectivity index (χ1) is 13.2. The molecule has 1 N–H and O–H groups in total. The molecule has 0 saturated carbocycles. The van der Waals surface area contributed by atoms with Gasteiger partial charge in [-0.05, 0) is 43.9 Å². The van der Waals surface area contributed by atoms with Crippen molar-refractivity contribution in [3.63, 3.8) is 0 Å². The van der Waals surface area contributed by atoms with Crippen molar-refractivity contribution < 1.29 is 9.53 Å². The van der Waals surface area contributed by atoms with Crippen LogP contribution in [-0.4, -0.2) is 36.5 Å². The monoisotopic (exact) mass is 384 g/mol. The number of nitrogens with one attached hydrogen (secondary N) is 1. The molecule has 0 aliphatic carbocycles. The molecule has 4 rings (SSSR count). The minimum absolute atomic E-state index is 0.0345. The van der Waals surface area contributed by atoms with Gasteiger partial charge in [0, 0.05) is 30.7 Å². The third kappa shape index (κ3) is 4.12. The lowest BCUT2D eigenvalue weighted by atomic mass is 9.97. The number of ether oxygens (including phenoxy) is 1. The number of piperidine rings is 1. The highest BCUT2D eigenvalue weighted by Crippen LogP contribution is 2.32. The van der Waals surface area contributed by atoms with Crippen LogP contribution in [0.4, 0.5) is 0 Å². The fourth-order valence-corrected chi connectivity index (χ4v) is 4.25. The Morgan fingerprint density at radius 2 is 1.78 bits per heavy atom. The van der Waals surface area contributed by atoms with Gasteiger partial charge in [0.2, 0.25) is 0 Å². The Morgan fingerprint density at radius 3 is 2.59 bits per heavy atom. The van der Waals surface area contributed by atoms with Gasteiger partial charge in [-0.15, -0.1) is 0 Å². The summed E-state index contributed by atoms with van der Waals surface area (Å²) in [5.41, 5.74) is 1.85. The molecule has 0 bridgehead atoms. The zero-order valence-electron chi connectivity index (χ0n) is 15.4. The van der Waals surface area contributed by atoms with E-state index in [2.05, 4.69) is 23.5 Å². The van der Waals surface area contributed by atoms with Crippen LogP contribution in [-0.2, 0) is 0 Å². The SMILES string of the molecule is O=C(c1ccccc1Cl)N1CCC(NC2CCCOc3ccccc32)CC1. The van der Waals surface area contributed by atoms with Gasteiger partial charge in [0.25, 0.3) is 5.91 Å². The molecule has 2 aromatic carbocycles. The van der Waals surface area contributed by atoms with Crippen LogP contribution in [0.5, 0.6) is 5.75 Å². The number of amides is 1. The van der Waals surface area contributed by atoms with Crippen LogP contribution in [0.1, 0.15) is 47.6 Å². The second-order valence-electron chi connectivity index (χ2n) is 7.29. The summed E-state index contributed by atoms with van der Waals surface area (Å²) in [5, 5.41) is 4.35. The maximum absolute atomic E-state index is 12.7. The standard InChI is InChI=1S/C22H25ClN2O2/c23-19-8-3-1-6-17(19)22(26)25-13-11-16(12-14-25)24-20-9-5-15-27-21-10-4-2-7-18(20)21/h1-4,6-8,10,16,20,24H,5,9,11-15H2. The maximum atomic E-state index is 12.7. The van der Waals surface area contributed by atoms with E-state index in [1.165, 1.54) is 5.56 Å². The smallest absolute Gasteiger partial charge is 0.255 e. The summed E-state index contributed by atoms with van der Waals surface area (Å²) >= 11 is 6.19. The van der Waals surface area contributed by atoms with Gasteiger partial charge in [0.1, 0.15) is 5.75 Å². The number of halogens is 1. The second kappa shape index (κ2) is 8.32. The fraction of sp³-hybridized carbons (Fsp3) is 0.409. The Hall–Kier alpha value is -2.04. The molecule has 27 heavy (non-hydrogen) atoms. The number of fused-ring (bicyclic) bond motifs is 1. The van der Waals surface area contributed by atoms with Gasteiger partial charge in [-0.25, -0.2) is 0 Å². The summed E-state index contributed by atoms with van der Waals surface area (Å²) in [6.07, 6.45) is 4.04. The van der Waals surface area contributed by atoms with Crippen LogP contribution < -0.4 is 10.1 Å². The number of para-hydroxylation sites is 1. The molecule has 2 heterocycles. The van der Waals surface area contributed by atoms with E-state index in [1.807, 2.05) is 23.1 Å². The third-order valence-corrected chi connectivity index (χ3v) is 5.84. The lowest BCUT2D eigenvalue weighted by molar-refractivity contribution is 0.0701. The van der Waals surface area contributed by atoms with Crippen LogP contribution in [0.3, 0.4) is 0 Å². The average molecular weight is 385 g/mol. The molecular formula is C22H25ClN2O2. The molecule has 1 unspecified atom stereocenters. The molecule has 1 fully saturated rings. The Labute approximate surface area is 165 Å². The Balaban J connectivity index is 1.37. The van der Waals surface area contributed by atoms with E-state index in [9.17, 15) is 4.79 Å². The quantitative estimate of drug-likeness (QED) is 0.850. The van der Waals surface area contributed by atoms with E-state index in [4.69, 9.17) is 16.3 Å². The van der Waals surface area contributed by atoms with E-state index < -0.39 is 0 Å². The lowest BCUT2D eigenvalue weighted by Gasteiger charge is -2.35. The summed E-state index contributed by atoms with van der Waals surface area (Å²) in [7, 11) is 0. The minimum Gasteiger partial charge on any atom is -0.493 e. The van der Waals surface area contributed by atoms with Gasteiger partial charge in [0.15, 0.2) is 0 Å². The predicted molar refractivity (Wildman–Crippen MR) is 107 cm³/mol. The first kappa shape index (κ1) is 18.3.